The highest BCUT2D eigenvalue weighted by Gasteiger charge is 2.10. The van der Waals surface area contributed by atoms with Gasteiger partial charge in [0.05, 0.1) is 6.10 Å². The lowest BCUT2D eigenvalue weighted by atomic mass is 10.0. The van der Waals surface area contributed by atoms with Crippen molar-refractivity contribution in [1.29, 1.82) is 0 Å². The first-order valence-electron chi connectivity index (χ1n) is 5.99. The summed E-state index contributed by atoms with van der Waals surface area (Å²) in [7, 11) is 0. The third kappa shape index (κ3) is 3.76. The minimum absolute atomic E-state index is 0.277. The van der Waals surface area contributed by atoms with Crippen LogP contribution >= 0.6 is 0 Å². The van der Waals surface area contributed by atoms with Crippen LogP contribution in [-0.2, 0) is 6.42 Å². The van der Waals surface area contributed by atoms with Crippen molar-refractivity contribution >= 4 is 11.8 Å². The van der Waals surface area contributed by atoms with Gasteiger partial charge >= 0.3 is 6.03 Å². The van der Waals surface area contributed by atoms with E-state index < -0.39 is 18.0 Å². The molecule has 2 amide bonds. The SMILES string of the molecule is NC(=O)Nc1cc(CC(O)c2cccc(F)c2)ccn1. The number of urea groups is 1. The van der Waals surface area contributed by atoms with Gasteiger partial charge in [-0.15, -0.1) is 0 Å². The minimum atomic E-state index is -0.838. The third-order valence-electron chi connectivity index (χ3n) is 2.74. The van der Waals surface area contributed by atoms with Gasteiger partial charge in [0.1, 0.15) is 11.6 Å². The zero-order chi connectivity index (χ0) is 14.5. The molecule has 0 saturated heterocycles. The van der Waals surface area contributed by atoms with Gasteiger partial charge in [0, 0.05) is 12.6 Å². The number of nitrogens with one attached hydrogen (secondary N) is 1. The maximum Gasteiger partial charge on any atom is 0.317 e. The van der Waals surface area contributed by atoms with Crippen molar-refractivity contribution in [3.8, 4) is 0 Å². The van der Waals surface area contributed by atoms with Gasteiger partial charge in [0.15, 0.2) is 0 Å². The van der Waals surface area contributed by atoms with E-state index in [4.69, 9.17) is 5.73 Å². The Morgan fingerprint density at radius 3 is 2.90 bits per heavy atom. The van der Waals surface area contributed by atoms with Crippen molar-refractivity contribution in [1.82, 2.24) is 4.98 Å². The summed E-state index contributed by atoms with van der Waals surface area (Å²) in [5.74, 6) is -0.0891. The molecule has 0 radical (unpaired) electrons. The first kappa shape index (κ1) is 14.0. The number of nitrogens with zero attached hydrogens (tertiary/aromatic N) is 1. The van der Waals surface area contributed by atoms with Gasteiger partial charge in [-0.05, 0) is 35.4 Å². The van der Waals surface area contributed by atoms with Crippen molar-refractivity contribution in [2.45, 2.75) is 12.5 Å². The number of hydrogen-bond donors (Lipinski definition) is 3. The Balaban J connectivity index is 2.11. The molecule has 0 bridgehead atoms. The largest absolute Gasteiger partial charge is 0.388 e. The number of hydrogen-bond acceptors (Lipinski definition) is 3. The molecule has 1 unspecified atom stereocenters. The molecule has 0 spiro atoms. The second-order valence-corrected chi connectivity index (χ2v) is 4.31. The van der Waals surface area contributed by atoms with Crippen LogP contribution in [-0.4, -0.2) is 16.1 Å². The zero-order valence-electron chi connectivity index (χ0n) is 10.6. The predicted molar refractivity (Wildman–Crippen MR) is 72.5 cm³/mol. The van der Waals surface area contributed by atoms with Gasteiger partial charge in [-0.2, -0.15) is 0 Å². The van der Waals surface area contributed by atoms with Crippen molar-refractivity contribution < 1.29 is 14.3 Å². The topological polar surface area (TPSA) is 88.2 Å². The fourth-order valence-corrected chi connectivity index (χ4v) is 1.85. The standard InChI is InChI=1S/C14H14FN3O2/c15-11-3-1-2-10(8-11)12(19)6-9-4-5-17-13(7-9)18-14(16)20/h1-5,7-8,12,19H,6H2,(H3,16,17,18,20). The average Bonchev–Trinajstić information content (AvgIpc) is 2.38. The number of amides is 2. The Labute approximate surface area is 115 Å². The number of halogens is 1. The Hall–Kier alpha value is -2.47. The first-order valence-corrected chi connectivity index (χ1v) is 5.99. The molecule has 1 aromatic carbocycles. The van der Waals surface area contributed by atoms with Gasteiger partial charge in [-0.3, -0.25) is 5.32 Å². The summed E-state index contributed by atoms with van der Waals surface area (Å²) in [5.41, 5.74) is 6.24. The fraction of sp³-hybridized carbons (Fsp3) is 0.143. The molecule has 104 valence electrons. The van der Waals surface area contributed by atoms with Crippen LogP contribution in [0.15, 0.2) is 42.6 Å². The molecule has 2 aromatic rings. The van der Waals surface area contributed by atoms with Crippen LogP contribution in [0.3, 0.4) is 0 Å². The molecule has 0 aliphatic heterocycles. The Kier molecular flexibility index (Phi) is 4.27. The van der Waals surface area contributed by atoms with E-state index in [1.54, 1.807) is 24.3 Å². The van der Waals surface area contributed by atoms with E-state index in [0.717, 1.165) is 5.56 Å². The van der Waals surface area contributed by atoms with Gasteiger partial charge in [-0.1, -0.05) is 12.1 Å². The Morgan fingerprint density at radius 2 is 2.20 bits per heavy atom. The molecule has 20 heavy (non-hydrogen) atoms. The van der Waals surface area contributed by atoms with Gasteiger partial charge in [0.2, 0.25) is 0 Å². The predicted octanol–water partition coefficient (Wildman–Crippen LogP) is 1.99. The Morgan fingerprint density at radius 1 is 1.40 bits per heavy atom. The highest BCUT2D eigenvalue weighted by molar-refractivity contribution is 5.86. The van der Waals surface area contributed by atoms with Crippen LogP contribution < -0.4 is 11.1 Å². The molecule has 1 aromatic heterocycles. The van der Waals surface area contributed by atoms with E-state index in [1.807, 2.05) is 0 Å². The summed E-state index contributed by atoms with van der Waals surface area (Å²) in [4.78, 5) is 14.7. The maximum atomic E-state index is 13.1. The lowest BCUT2D eigenvalue weighted by molar-refractivity contribution is 0.178. The van der Waals surface area contributed by atoms with Crippen LogP contribution in [0.4, 0.5) is 15.0 Å². The van der Waals surface area contributed by atoms with Crippen LogP contribution in [0, 0.1) is 5.82 Å². The van der Waals surface area contributed by atoms with E-state index in [9.17, 15) is 14.3 Å². The van der Waals surface area contributed by atoms with Crippen molar-refractivity contribution in [3.63, 3.8) is 0 Å². The van der Waals surface area contributed by atoms with Crippen molar-refractivity contribution in [2.24, 2.45) is 5.73 Å². The molecule has 1 atom stereocenters. The van der Waals surface area contributed by atoms with Crippen molar-refractivity contribution in [3.05, 3.63) is 59.5 Å². The molecular formula is C14H14FN3O2. The number of primary amides is 1. The van der Waals surface area contributed by atoms with E-state index in [0.29, 0.717) is 11.4 Å². The number of pyridine rings is 1. The number of rotatable bonds is 4. The second kappa shape index (κ2) is 6.12. The smallest absolute Gasteiger partial charge is 0.317 e. The Bertz CT molecular complexity index is 619. The minimum Gasteiger partial charge on any atom is -0.388 e. The zero-order valence-corrected chi connectivity index (χ0v) is 10.6. The number of carbonyl (C=O) groups excluding carboxylic acids is 1. The number of benzene rings is 1. The highest BCUT2D eigenvalue weighted by atomic mass is 19.1. The van der Waals surface area contributed by atoms with Gasteiger partial charge in [0.25, 0.3) is 0 Å². The molecule has 0 aliphatic carbocycles. The van der Waals surface area contributed by atoms with Gasteiger partial charge in [-0.25, -0.2) is 14.2 Å². The van der Waals surface area contributed by atoms with Crippen LogP contribution in [0.25, 0.3) is 0 Å². The molecule has 5 nitrogen and oxygen atoms in total. The average molecular weight is 275 g/mol. The molecule has 6 heteroatoms. The summed E-state index contributed by atoms with van der Waals surface area (Å²) in [6.07, 6.45) is 0.938. The van der Waals surface area contributed by atoms with Crippen LogP contribution in [0.2, 0.25) is 0 Å². The summed E-state index contributed by atoms with van der Waals surface area (Å²) in [5, 5.41) is 12.4. The molecular weight excluding hydrogens is 261 g/mol. The van der Waals surface area contributed by atoms with E-state index in [-0.39, 0.29) is 6.42 Å². The normalized spacial score (nSPS) is 11.9. The van der Waals surface area contributed by atoms with Crippen molar-refractivity contribution in [2.75, 3.05) is 5.32 Å². The summed E-state index contributed by atoms with van der Waals surface area (Å²) in [6, 6.07) is 8.40. The quantitative estimate of drug-likeness (QED) is 0.797. The number of aliphatic hydroxyl groups excluding tert-OH is 1. The lowest BCUT2D eigenvalue weighted by Crippen LogP contribution is -2.20. The van der Waals surface area contributed by atoms with E-state index >= 15 is 0 Å². The molecule has 0 saturated carbocycles. The van der Waals surface area contributed by atoms with Gasteiger partial charge < -0.3 is 10.8 Å². The molecule has 0 aliphatic rings. The number of nitrogens with two attached hydrogens (primary N) is 1. The number of anilines is 1. The van der Waals surface area contributed by atoms with Crippen LogP contribution in [0.5, 0.6) is 0 Å². The fourth-order valence-electron chi connectivity index (χ4n) is 1.85. The first-order chi connectivity index (χ1) is 9.54. The number of carbonyl (C=O) groups is 1. The molecule has 4 N–H and O–H groups in total. The lowest BCUT2D eigenvalue weighted by Gasteiger charge is -2.12. The molecule has 1 heterocycles. The monoisotopic (exact) mass is 275 g/mol. The number of aliphatic hydroxyl groups is 1. The second-order valence-electron chi connectivity index (χ2n) is 4.31. The summed E-state index contributed by atoms with van der Waals surface area (Å²) < 4.78 is 13.1. The molecule has 2 rings (SSSR count). The summed E-state index contributed by atoms with van der Waals surface area (Å²) in [6.45, 7) is 0. The summed E-state index contributed by atoms with van der Waals surface area (Å²) >= 11 is 0. The molecule has 0 fully saturated rings. The van der Waals surface area contributed by atoms with E-state index in [1.165, 1.54) is 18.3 Å². The third-order valence-corrected chi connectivity index (χ3v) is 2.74. The van der Waals surface area contributed by atoms with Crippen LogP contribution in [0.1, 0.15) is 17.2 Å². The number of aromatic nitrogens is 1. The highest BCUT2D eigenvalue weighted by Crippen LogP contribution is 2.20. The van der Waals surface area contributed by atoms with E-state index in [2.05, 4.69) is 10.3 Å². The maximum absolute atomic E-state index is 13.1.